The third-order valence-electron chi connectivity index (χ3n) is 12.0. The molecule has 0 radical (unpaired) electrons. The average molecular weight is 586 g/mol. The first-order chi connectivity index (χ1) is 20.7. The monoisotopic (exact) mass is 585 g/mol. The maximum Gasteiger partial charge on any atom is 0.215 e. The van der Waals surface area contributed by atoms with E-state index in [1.54, 1.807) is 0 Å². The second-order valence-corrected chi connectivity index (χ2v) is 16.6. The van der Waals surface area contributed by atoms with Crippen molar-refractivity contribution >= 4 is 16.8 Å². The Morgan fingerprint density at radius 3 is 2.36 bits per heavy atom. The molecule has 0 aliphatic carbocycles. The summed E-state index contributed by atoms with van der Waals surface area (Å²) in [5, 5.41) is 2.68. The molecule has 0 aromatic heterocycles. The molecular weight excluding hydrogens is 536 g/mol. The number of hydrogen-bond donors (Lipinski definition) is 0. The second kappa shape index (κ2) is 8.89. The first-order valence-electron chi connectivity index (χ1n) is 17.0. The molecule has 5 aliphatic rings. The highest BCUT2D eigenvalue weighted by molar-refractivity contribution is 5.91. The average Bonchev–Trinajstić information content (AvgIpc) is 2.94. The minimum absolute atomic E-state index is 0.00957. The van der Waals surface area contributed by atoms with E-state index in [-0.39, 0.29) is 16.4 Å². The van der Waals surface area contributed by atoms with E-state index in [0.717, 1.165) is 44.0 Å². The highest BCUT2D eigenvalue weighted by Crippen LogP contribution is 2.58. The highest BCUT2D eigenvalue weighted by atomic mass is 16.5. The lowest BCUT2D eigenvalue weighted by Crippen LogP contribution is -2.53. The SMILES string of the molecule is CC1=CC[N+]2=c3c1cc1c(c3C(C)(C)CC2)Oc2c(cc3c4c2C(C)(C)CCN4C(C)(C)CC3C)C=1c1cc(C)ccc1C. The van der Waals surface area contributed by atoms with E-state index in [4.69, 9.17) is 4.74 Å². The van der Waals surface area contributed by atoms with Gasteiger partial charge in [0.25, 0.3) is 0 Å². The van der Waals surface area contributed by atoms with Crippen LogP contribution >= 0.6 is 0 Å². The number of allylic oxidation sites excluding steroid dienone is 1. The van der Waals surface area contributed by atoms with E-state index in [0.29, 0.717) is 5.92 Å². The van der Waals surface area contributed by atoms with Gasteiger partial charge in [0.05, 0.1) is 5.56 Å². The molecule has 0 fully saturated rings. The number of hydrogen-bond acceptors (Lipinski definition) is 2. The van der Waals surface area contributed by atoms with Crippen LogP contribution < -0.4 is 24.8 Å². The Kier molecular flexibility index (Phi) is 5.69. The normalized spacial score (nSPS) is 23.2. The Morgan fingerprint density at radius 2 is 1.59 bits per heavy atom. The van der Waals surface area contributed by atoms with E-state index in [9.17, 15) is 0 Å². The largest absolute Gasteiger partial charge is 0.455 e. The van der Waals surface area contributed by atoms with E-state index in [1.165, 1.54) is 78.3 Å². The number of nitrogens with zero attached hydrogens (tertiary/aromatic N) is 2. The Bertz CT molecular complexity index is 1970. The third-order valence-corrected chi connectivity index (χ3v) is 12.0. The van der Waals surface area contributed by atoms with Crippen molar-refractivity contribution in [2.45, 2.75) is 111 Å². The maximum absolute atomic E-state index is 7.56. The van der Waals surface area contributed by atoms with Gasteiger partial charge in [0.15, 0.2) is 6.54 Å². The van der Waals surface area contributed by atoms with Gasteiger partial charge < -0.3 is 9.64 Å². The third kappa shape index (κ3) is 3.71. The molecule has 0 spiro atoms. The van der Waals surface area contributed by atoms with Crippen LogP contribution in [0.15, 0.2) is 36.4 Å². The Hall–Kier alpha value is -3.33. The molecule has 3 aromatic carbocycles. The predicted molar refractivity (Wildman–Crippen MR) is 184 cm³/mol. The number of ether oxygens (including phenoxy) is 1. The Morgan fingerprint density at radius 1 is 0.841 bits per heavy atom. The lowest BCUT2D eigenvalue weighted by Gasteiger charge is -2.54. The summed E-state index contributed by atoms with van der Waals surface area (Å²) in [5.74, 6) is 2.69. The summed E-state index contributed by atoms with van der Waals surface area (Å²) in [4.78, 5) is 2.73. The molecule has 3 heteroatoms. The first kappa shape index (κ1) is 28.2. The topological polar surface area (TPSA) is 15.5 Å². The van der Waals surface area contributed by atoms with Crippen molar-refractivity contribution in [3.05, 3.63) is 91.5 Å². The molecule has 228 valence electrons. The predicted octanol–water partition coefficient (Wildman–Crippen LogP) is 8.02. The van der Waals surface area contributed by atoms with Gasteiger partial charge in [-0.2, -0.15) is 0 Å². The van der Waals surface area contributed by atoms with Crippen molar-refractivity contribution in [3.63, 3.8) is 0 Å². The molecule has 5 aliphatic heterocycles. The summed E-state index contributed by atoms with van der Waals surface area (Å²) in [5.41, 5.74) is 15.3. The van der Waals surface area contributed by atoms with Crippen LogP contribution in [0.3, 0.4) is 0 Å². The van der Waals surface area contributed by atoms with Crippen molar-refractivity contribution in [2.75, 3.05) is 24.5 Å². The van der Waals surface area contributed by atoms with Gasteiger partial charge in [0.1, 0.15) is 18.0 Å². The number of aryl methyl sites for hydroxylation is 2. The van der Waals surface area contributed by atoms with Gasteiger partial charge in [-0.1, -0.05) is 58.4 Å². The van der Waals surface area contributed by atoms with Crippen LogP contribution in [-0.4, -0.2) is 25.2 Å². The zero-order chi connectivity index (χ0) is 31.1. The Labute approximate surface area is 264 Å². The van der Waals surface area contributed by atoms with Gasteiger partial charge in [-0.25, -0.2) is 4.58 Å². The molecule has 1 unspecified atom stereocenters. The summed E-state index contributed by atoms with van der Waals surface area (Å²) >= 11 is 0. The standard InChI is InChI=1S/C41H49N2O/c1-23-11-12-24(2)27(19-23)32-30-20-28-25(3)13-16-42-17-14-39(5,6)33(35(28)42)37(30)44-38-31(32)21-29-26(4)22-41(9,10)43-18-15-40(7,8)34(38)36(29)43/h11-13,19-21,26H,14-18,22H2,1-10H3/q+1. The van der Waals surface area contributed by atoms with Gasteiger partial charge in [-0.15, -0.1) is 0 Å². The van der Waals surface area contributed by atoms with Crippen LogP contribution in [0.5, 0.6) is 11.5 Å². The molecule has 3 nitrogen and oxygen atoms in total. The minimum atomic E-state index is 0.00957. The molecular formula is C41H49N2O+. The molecule has 1 atom stereocenters. The highest BCUT2D eigenvalue weighted by Gasteiger charge is 2.48. The van der Waals surface area contributed by atoms with Gasteiger partial charge in [-0.3, -0.25) is 0 Å². The van der Waals surface area contributed by atoms with Crippen LogP contribution in [0.4, 0.5) is 5.69 Å². The van der Waals surface area contributed by atoms with Crippen LogP contribution in [0.25, 0.3) is 11.1 Å². The van der Waals surface area contributed by atoms with Crippen LogP contribution in [-0.2, 0) is 10.8 Å². The quantitative estimate of drug-likeness (QED) is 0.210. The first-order valence-corrected chi connectivity index (χ1v) is 17.0. The maximum atomic E-state index is 7.56. The van der Waals surface area contributed by atoms with Crippen molar-refractivity contribution in [1.82, 2.24) is 4.58 Å². The number of rotatable bonds is 1. The fourth-order valence-electron chi connectivity index (χ4n) is 9.40. The summed E-state index contributed by atoms with van der Waals surface area (Å²) in [6.07, 6.45) is 5.84. The summed E-state index contributed by atoms with van der Waals surface area (Å²) in [7, 11) is 0. The summed E-state index contributed by atoms with van der Waals surface area (Å²) in [6.45, 7) is 27.1. The van der Waals surface area contributed by atoms with Crippen molar-refractivity contribution in [3.8, 4) is 11.5 Å². The number of fused-ring (bicyclic) bond motifs is 4. The molecule has 0 saturated heterocycles. The van der Waals surface area contributed by atoms with Gasteiger partial charge in [0, 0.05) is 57.1 Å². The number of anilines is 1. The summed E-state index contributed by atoms with van der Waals surface area (Å²) < 4.78 is 10.2. The number of benzene rings is 3. The molecule has 3 aromatic rings. The van der Waals surface area contributed by atoms with E-state index < -0.39 is 0 Å². The van der Waals surface area contributed by atoms with Gasteiger partial charge in [-0.05, 0) is 99.3 Å². The van der Waals surface area contributed by atoms with Crippen molar-refractivity contribution in [1.29, 1.82) is 0 Å². The zero-order valence-electron chi connectivity index (χ0n) is 28.6. The molecule has 0 bridgehead atoms. The molecule has 44 heavy (non-hydrogen) atoms. The van der Waals surface area contributed by atoms with Gasteiger partial charge >= 0.3 is 0 Å². The lowest BCUT2D eigenvalue weighted by atomic mass is 9.68. The van der Waals surface area contributed by atoms with Crippen LogP contribution in [0.1, 0.15) is 125 Å². The van der Waals surface area contributed by atoms with Crippen LogP contribution in [0, 0.1) is 13.8 Å². The second-order valence-electron chi connectivity index (χ2n) is 16.6. The van der Waals surface area contributed by atoms with E-state index >= 15 is 0 Å². The van der Waals surface area contributed by atoms with Gasteiger partial charge in [0.2, 0.25) is 5.36 Å². The molecule has 5 heterocycles. The van der Waals surface area contributed by atoms with Crippen LogP contribution in [0.2, 0.25) is 0 Å². The molecule has 8 rings (SSSR count). The van der Waals surface area contributed by atoms with Crippen molar-refractivity contribution < 1.29 is 4.74 Å². The van der Waals surface area contributed by atoms with E-state index in [2.05, 4.69) is 115 Å². The minimum Gasteiger partial charge on any atom is -0.455 e. The molecule has 0 N–H and O–H groups in total. The smallest absolute Gasteiger partial charge is 0.215 e. The lowest BCUT2D eigenvalue weighted by molar-refractivity contribution is 0.324. The fourth-order valence-corrected chi connectivity index (χ4v) is 9.40. The Balaban J connectivity index is 1.60. The zero-order valence-corrected chi connectivity index (χ0v) is 28.6. The van der Waals surface area contributed by atoms with Crippen molar-refractivity contribution in [2.24, 2.45) is 0 Å². The fraction of sp³-hybridized carbons (Fsp3) is 0.488. The summed E-state index contributed by atoms with van der Waals surface area (Å²) in [6, 6.07) is 12.0. The van der Waals surface area contributed by atoms with E-state index in [1.807, 2.05) is 0 Å². The molecule has 0 amide bonds. The molecule has 0 saturated carbocycles.